The molecule has 1 aliphatic heterocycles. The van der Waals surface area contributed by atoms with Gasteiger partial charge in [-0.05, 0) is 44.7 Å². The number of ketones is 1. The normalized spacial score (nSPS) is 14.0. The van der Waals surface area contributed by atoms with E-state index in [1.807, 2.05) is 34.8 Å². The number of benzene rings is 1. The number of anilines is 1. The topological polar surface area (TPSA) is 50.5 Å². The minimum absolute atomic E-state index is 0.249. The van der Waals surface area contributed by atoms with Gasteiger partial charge in [0, 0.05) is 31.5 Å². The van der Waals surface area contributed by atoms with Gasteiger partial charge in [-0.15, -0.1) is 5.10 Å². The van der Waals surface area contributed by atoms with Crippen LogP contribution in [0.25, 0.3) is 5.52 Å². The van der Waals surface area contributed by atoms with Crippen LogP contribution in [0.15, 0.2) is 42.5 Å². The highest BCUT2D eigenvalue weighted by atomic mass is 16.1. The molecule has 0 aliphatic carbocycles. The zero-order valence-corrected chi connectivity index (χ0v) is 17.3. The zero-order valence-electron chi connectivity index (χ0n) is 17.3. The van der Waals surface area contributed by atoms with Gasteiger partial charge in [0.15, 0.2) is 5.78 Å². The average Bonchev–Trinajstić information content (AvgIpc) is 3.39. The average molecular weight is 391 g/mol. The Morgan fingerprint density at radius 3 is 2.52 bits per heavy atom. The first-order valence-corrected chi connectivity index (χ1v) is 10.9. The van der Waals surface area contributed by atoms with Crippen molar-refractivity contribution < 1.29 is 4.79 Å². The number of rotatable bonds is 9. The fraction of sp³-hybridized carbons (Fsp3) is 0.458. The predicted octanol–water partition coefficient (Wildman–Crippen LogP) is 5.01. The standard InChI is InChI=1S/C24H30N4O/c1-19-21-15-16-24(27-17-9-10-18-27)26-28(21)23(25-19)14-8-3-2-7-13-22(29)20-11-5-4-6-12-20/h4-6,11-12,15-16H,2-3,7-10,13-14,17-18H2,1H3. The van der Waals surface area contributed by atoms with Crippen LogP contribution < -0.4 is 4.90 Å². The smallest absolute Gasteiger partial charge is 0.162 e. The second-order valence-corrected chi connectivity index (χ2v) is 8.00. The summed E-state index contributed by atoms with van der Waals surface area (Å²) in [6, 6.07) is 13.9. The lowest BCUT2D eigenvalue weighted by atomic mass is 10.0. The summed E-state index contributed by atoms with van der Waals surface area (Å²) in [4.78, 5) is 19.3. The number of hydrogen-bond donors (Lipinski definition) is 0. The Morgan fingerprint density at radius 2 is 1.72 bits per heavy atom. The second kappa shape index (κ2) is 9.21. The van der Waals surface area contributed by atoms with E-state index >= 15 is 0 Å². The molecular weight excluding hydrogens is 360 g/mol. The number of imidazole rings is 1. The van der Waals surface area contributed by atoms with Gasteiger partial charge in [-0.2, -0.15) is 0 Å². The van der Waals surface area contributed by atoms with E-state index in [9.17, 15) is 4.79 Å². The molecule has 0 spiro atoms. The fourth-order valence-electron chi connectivity index (χ4n) is 4.15. The van der Waals surface area contributed by atoms with Crippen LogP contribution >= 0.6 is 0 Å². The van der Waals surface area contributed by atoms with Gasteiger partial charge in [0.1, 0.15) is 11.6 Å². The third kappa shape index (κ3) is 4.66. The number of aromatic nitrogens is 3. The van der Waals surface area contributed by atoms with Crippen LogP contribution in [-0.2, 0) is 6.42 Å². The van der Waals surface area contributed by atoms with Crippen molar-refractivity contribution in [2.24, 2.45) is 0 Å². The Labute approximate surface area is 172 Å². The first-order chi connectivity index (χ1) is 14.2. The van der Waals surface area contributed by atoms with E-state index in [1.165, 1.54) is 12.8 Å². The van der Waals surface area contributed by atoms with Gasteiger partial charge in [-0.1, -0.05) is 43.2 Å². The summed E-state index contributed by atoms with van der Waals surface area (Å²) in [6.45, 7) is 4.26. The van der Waals surface area contributed by atoms with Gasteiger partial charge in [0.05, 0.1) is 11.2 Å². The maximum Gasteiger partial charge on any atom is 0.162 e. The van der Waals surface area contributed by atoms with Gasteiger partial charge >= 0.3 is 0 Å². The molecule has 4 rings (SSSR count). The molecule has 0 N–H and O–H groups in total. The van der Waals surface area contributed by atoms with Crippen LogP contribution in [0.1, 0.15) is 66.8 Å². The van der Waals surface area contributed by atoms with Gasteiger partial charge in [0.2, 0.25) is 0 Å². The number of nitrogens with zero attached hydrogens (tertiary/aromatic N) is 4. The number of carbonyl (C=O) groups excluding carboxylic acids is 1. The lowest BCUT2D eigenvalue weighted by molar-refractivity contribution is 0.0979. The van der Waals surface area contributed by atoms with Crippen molar-refractivity contribution in [3.8, 4) is 0 Å². The first kappa shape index (κ1) is 19.6. The van der Waals surface area contributed by atoms with Crippen LogP contribution in [0.3, 0.4) is 0 Å². The quantitative estimate of drug-likeness (QED) is 0.380. The van der Waals surface area contributed by atoms with Crippen LogP contribution in [0, 0.1) is 6.92 Å². The van der Waals surface area contributed by atoms with E-state index in [4.69, 9.17) is 10.1 Å². The third-order valence-corrected chi connectivity index (χ3v) is 5.81. The highest BCUT2D eigenvalue weighted by Gasteiger charge is 2.16. The number of unbranched alkanes of at least 4 members (excludes halogenated alkanes) is 3. The van der Waals surface area contributed by atoms with Crippen molar-refractivity contribution in [2.75, 3.05) is 18.0 Å². The maximum atomic E-state index is 12.2. The Hall–Kier alpha value is -2.69. The van der Waals surface area contributed by atoms with E-state index < -0.39 is 0 Å². The Bertz CT molecular complexity index is 958. The summed E-state index contributed by atoms with van der Waals surface area (Å²) in [5.41, 5.74) is 2.98. The highest BCUT2D eigenvalue weighted by molar-refractivity contribution is 5.95. The first-order valence-electron chi connectivity index (χ1n) is 10.9. The summed E-state index contributed by atoms with van der Waals surface area (Å²) in [7, 11) is 0. The van der Waals surface area contributed by atoms with Gasteiger partial charge in [-0.3, -0.25) is 4.79 Å². The molecule has 3 aromatic rings. The third-order valence-electron chi connectivity index (χ3n) is 5.81. The largest absolute Gasteiger partial charge is 0.355 e. The molecule has 29 heavy (non-hydrogen) atoms. The zero-order chi connectivity index (χ0) is 20.1. The molecule has 1 aliphatic rings. The Morgan fingerprint density at radius 1 is 0.966 bits per heavy atom. The van der Waals surface area contributed by atoms with Crippen molar-refractivity contribution in [2.45, 2.75) is 58.3 Å². The molecular formula is C24H30N4O. The van der Waals surface area contributed by atoms with Crippen LogP contribution in [0.5, 0.6) is 0 Å². The number of aryl methyl sites for hydroxylation is 2. The molecule has 0 bridgehead atoms. The molecule has 0 radical (unpaired) electrons. The summed E-state index contributed by atoms with van der Waals surface area (Å²) < 4.78 is 2.04. The molecule has 3 heterocycles. The van der Waals surface area contributed by atoms with Gasteiger partial charge in [0.25, 0.3) is 0 Å². The SMILES string of the molecule is Cc1nc(CCCCCCC(=O)c2ccccc2)n2nc(N3CCCC3)ccc12. The summed E-state index contributed by atoms with van der Waals surface area (Å²) in [5.74, 6) is 2.37. The van der Waals surface area contributed by atoms with Crippen LogP contribution in [0.2, 0.25) is 0 Å². The molecule has 152 valence electrons. The molecule has 1 aromatic carbocycles. The van der Waals surface area contributed by atoms with Crippen molar-refractivity contribution in [1.29, 1.82) is 0 Å². The summed E-state index contributed by atoms with van der Waals surface area (Å²) in [6.07, 6.45) is 8.29. The molecule has 5 heteroatoms. The summed E-state index contributed by atoms with van der Waals surface area (Å²) >= 11 is 0. The van der Waals surface area contributed by atoms with E-state index in [1.54, 1.807) is 0 Å². The highest BCUT2D eigenvalue weighted by Crippen LogP contribution is 2.21. The second-order valence-electron chi connectivity index (χ2n) is 8.00. The molecule has 5 nitrogen and oxygen atoms in total. The van der Waals surface area contributed by atoms with Gasteiger partial charge < -0.3 is 4.90 Å². The molecule has 0 atom stereocenters. The van der Waals surface area contributed by atoms with E-state index in [0.717, 1.165) is 73.6 Å². The molecule has 0 unspecified atom stereocenters. The molecule has 1 fully saturated rings. The van der Waals surface area contributed by atoms with Crippen LogP contribution in [-0.4, -0.2) is 33.5 Å². The Kier molecular flexibility index (Phi) is 6.23. The van der Waals surface area contributed by atoms with Crippen molar-refractivity contribution in [3.63, 3.8) is 0 Å². The summed E-state index contributed by atoms with van der Waals surface area (Å²) in [5, 5.41) is 4.89. The van der Waals surface area contributed by atoms with E-state index in [-0.39, 0.29) is 5.78 Å². The lowest BCUT2D eigenvalue weighted by Gasteiger charge is -2.16. The van der Waals surface area contributed by atoms with Crippen molar-refractivity contribution >= 4 is 17.1 Å². The monoisotopic (exact) mass is 390 g/mol. The lowest BCUT2D eigenvalue weighted by Crippen LogP contribution is -2.20. The number of hydrogen-bond acceptors (Lipinski definition) is 4. The van der Waals surface area contributed by atoms with Crippen molar-refractivity contribution in [1.82, 2.24) is 14.6 Å². The number of Topliss-reactive ketones (excluding diaryl/α,β-unsaturated/α-hetero) is 1. The number of fused-ring (bicyclic) bond motifs is 1. The van der Waals surface area contributed by atoms with E-state index in [2.05, 4.69) is 24.0 Å². The maximum absolute atomic E-state index is 12.2. The predicted molar refractivity (Wildman–Crippen MR) is 117 cm³/mol. The minimum Gasteiger partial charge on any atom is -0.355 e. The molecule has 1 saturated heterocycles. The molecule has 0 saturated carbocycles. The fourth-order valence-corrected chi connectivity index (χ4v) is 4.15. The molecule has 0 amide bonds. The number of carbonyl (C=O) groups is 1. The van der Waals surface area contributed by atoms with Crippen LogP contribution in [0.4, 0.5) is 5.82 Å². The van der Waals surface area contributed by atoms with Gasteiger partial charge in [-0.25, -0.2) is 9.50 Å². The van der Waals surface area contributed by atoms with Crippen molar-refractivity contribution in [3.05, 3.63) is 59.5 Å². The Balaban J connectivity index is 1.28. The minimum atomic E-state index is 0.249. The molecule has 2 aromatic heterocycles. The van der Waals surface area contributed by atoms with E-state index in [0.29, 0.717) is 6.42 Å².